The minimum Gasteiger partial charge on any atom is -0.481 e. The minimum absolute atomic E-state index is 0.0164. The van der Waals surface area contributed by atoms with E-state index < -0.39 is 75.4 Å². The molecule has 9 heteroatoms. The summed E-state index contributed by atoms with van der Waals surface area (Å²) >= 11 is 0. The molecule has 0 aromatic carbocycles. The average Bonchev–Trinajstić information content (AvgIpc) is 3.07. The highest BCUT2D eigenvalue weighted by Gasteiger charge is 2.74. The lowest BCUT2D eigenvalue weighted by atomic mass is 9.41. The molecule has 0 saturated heterocycles. The van der Waals surface area contributed by atoms with Gasteiger partial charge in [0.1, 0.15) is 11.6 Å². The van der Waals surface area contributed by atoms with E-state index in [4.69, 9.17) is 4.74 Å². The molecule has 3 N–H and O–H groups in total. The molecule has 2 fully saturated rings. The van der Waals surface area contributed by atoms with Crippen LogP contribution in [-0.2, 0) is 28.7 Å². The molecule has 41 heavy (non-hydrogen) atoms. The molecule has 0 aliphatic heterocycles. The SMILES string of the molecule is CC(=O)O[C@@H]1C(=O)C2=C([C@@H](O)CC3C(C)(C)[C@@H](O)CC[C@]23C)[C@]2(C)C(=O)C[C@H]([C@H](C)CC(=O)C[C@@H](C)C(=O)O)[C@@]12C. The summed E-state index contributed by atoms with van der Waals surface area (Å²) < 4.78 is 5.83. The Morgan fingerprint density at radius 2 is 1.63 bits per heavy atom. The standard InChI is InChI=1S/C32H46O9/c1-15(11-18(34)12-16(2)28(39)40)19-13-23(37)32(8)24-20(35)14-21-29(4,5)22(36)9-10-30(21,6)25(24)26(38)27(31(19,32)7)41-17(3)33/h15-16,19-22,27,35-36H,9-14H2,1-8H3,(H,39,40)/t15-,16-,19-,20+,21?,22+,27-,30+,31+,32+/m1/s1. The number of Topliss-reactive ketones (excluding diaryl/α,β-unsaturated/α-hetero) is 3. The molecular formula is C32H46O9. The number of hydrogen-bond acceptors (Lipinski definition) is 8. The monoisotopic (exact) mass is 574 g/mol. The topological polar surface area (TPSA) is 155 Å². The molecule has 9 nitrogen and oxygen atoms in total. The maximum atomic E-state index is 14.6. The predicted octanol–water partition coefficient (Wildman–Crippen LogP) is 3.67. The first-order valence-corrected chi connectivity index (χ1v) is 14.9. The normalized spacial score (nSPS) is 41.2. The third-order valence-electron chi connectivity index (χ3n) is 12.0. The van der Waals surface area contributed by atoms with Crippen molar-refractivity contribution in [2.75, 3.05) is 0 Å². The van der Waals surface area contributed by atoms with Gasteiger partial charge in [0.15, 0.2) is 6.10 Å². The Bertz CT molecular complexity index is 1220. The second-order valence-electron chi connectivity index (χ2n) is 14.5. The molecular weight excluding hydrogens is 528 g/mol. The molecule has 0 bridgehead atoms. The fraction of sp³-hybridized carbons (Fsp3) is 0.781. The van der Waals surface area contributed by atoms with Crippen LogP contribution in [0.4, 0.5) is 0 Å². The Morgan fingerprint density at radius 1 is 1.02 bits per heavy atom. The highest BCUT2D eigenvalue weighted by Crippen LogP contribution is 2.71. The first kappa shape index (κ1) is 31.5. The van der Waals surface area contributed by atoms with Crippen LogP contribution in [0.5, 0.6) is 0 Å². The molecule has 0 spiro atoms. The summed E-state index contributed by atoms with van der Waals surface area (Å²) in [6, 6.07) is 0. The number of hydrogen-bond donors (Lipinski definition) is 3. The van der Waals surface area contributed by atoms with Gasteiger partial charge < -0.3 is 20.1 Å². The van der Waals surface area contributed by atoms with Gasteiger partial charge in [0.2, 0.25) is 5.78 Å². The van der Waals surface area contributed by atoms with E-state index in [-0.39, 0.29) is 43.2 Å². The van der Waals surface area contributed by atoms with Gasteiger partial charge in [-0.05, 0) is 60.3 Å². The van der Waals surface area contributed by atoms with E-state index in [1.54, 1.807) is 13.8 Å². The molecule has 0 aromatic heterocycles. The number of carbonyl (C=O) groups excluding carboxylic acids is 4. The number of rotatable bonds is 7. The van der Waals surface area contributed by atoms with Crippen LogP contribution in [0.2, 0.25) is 0 Å². The van der Waals surface area contributed by atoms with Gasteiger partial charge in [-0.15, -0.1) is 0 Å². The Kier molecular flexibility index (Phi) is 7.78. The number of ketones is 3. The number of aliphatic hydroxyl groups is 2. The van der Waals surface area contributed by atoms with E-state index in [2.05, 4.69) is 0 Å². The molecule has 4 aliphatic carbocycles. The molecule has 1 unspecified atom stereocenters. The van der Waals surface area contributed by atoms with Gasteiger partial charge in [0, 0.05) is 37.2 Å². The molecule has 2 saturated carbocycles. The number of carboxylic acids is 1. The fourth-order valence-corrected chi connectivity index (χ4v) is 9.45. The summed E-state index contributed by atoms with van der Waals surface area (Å²) in [6.45, 7) is 13.9. The van der Waals surface area contributed by atoms with Crippen molar-refractivity contribution >= 4 is 29.3 Å². The molecule has 4 aliphatic rings. The van der Waals surface area contributed by atoms with Crippen LogP contribution in [0, 0.1) is 45.3 Å². The summed E-state index contributed by atoms with van der Waals surface area (Å²) in [4.78, 5) is 65.5. The van der Waals surface area contributed by atoms with Gasteiger partial charge in [-0.3, -0.25) is 24.0 Å². The number of carbonyl (C=O) groups is 5. The van der Waals surface area contributed by atoms with Crippen molar-refractivity contribution in [3.63, 3.8) is 0 Å². The Hall–Kier alpha value is -2.39. The van der Waals surface area contributed by atoms with Crippen LogP contribution in [0.25, 0.3) is 0 Å². The Labute approximate surface area is 242 Å². The minimum atomic E-state index is -1.33. The summed E-state index contributed by atoms with van der Waals surface area (Å²) in [7, 11) is 0. The van der Waals surface area contributed by atoms with Crippen molar-refractivity contribution in [3.05, 3.63) is 11.1 Å². The molecule has 0 heterocycles. The van der Waals surface area contributed by atoms with Gasteiger partial charge in [0.25, 0.3) is 0 Å². The quantitative estimate of drug-likeness (QED) is 0.386. The van der Waals surface area contributed by atoms with Gasteiger partial charge in [-0.1, -0.05) is 41.5 Å². The van der Waals surface area contributed by atoms with Gasteiger partial charge in [-0.2, -0.15) is 0 Å². The maximum Gasteiger partial charge on any atom is 0.306 e. The molecule has 0 aromatic rings. The third kappa shape index (κ3) is 4.36. The van der Waals surface area contributed by atoms with E-state index >= 15 is 0 Å². The van der Waals surface area contributed by atoms with Crippen molar-refractivity contribution in [1.82, 2.24) is 0 Å². The smallest absolute Gasteiger partial charge is 0.306 e. The number of aliphatic hydroxyl groups excluding tert-OH is 2. The third-order valence-corrected chi connectivity index (χ3v) is 12.0. The van der Waals surface area contributed by atoms with E-state index in [0.29, 0.717) is 24.0 Å². The van der Waals surface area contributed by atoms with E-state index in [1.165, 1.54) is 13.8 Å². The largest absolute Gasteiger partial charge is 0.481 e. The number of carboxylic acid groups (broad SMARTS) is 1. The molecule has 4 rings (SSSR count). The number of ether oxygens (including phenoxy) is 1. The van der Waals surface area contributed by atoms with E-state index in [9.17, 15) is 39.3 Å². The number of aliphatic carboxylic acids is 1. The van der Waals surface area contributed by atoms with Crippen molar-refractivity contribution in [1.29, 1.82) is 0 Å². The van der Waals surface area contributed by atoms with Crippen molar-refractivity contribution in [3.8, 4) is 0 Å². The van der Waals surface area contributed by atoms with E-state index in [1.807, 2.05) is 27.7 Å². The van der Waals surface area contributed by atoms with Crippen molar-refractivity contribution in [2.24, 2.45) is 45.3 Å². The van der Waals surface area contributed by atoms with Gasteiger partial charge >= 0.3 is 11.9 Å². The second kappa shape index (κ2) is 10.1. The molecule has 228 valence electrons. The van der Waals surface area contributed by atoms with Crippen LogP contribution in [0.1, 0.15) is 93.9 Å². The first-order chi connectivity index (χ1) is 18.8. The predicted molar refractivity (Wildman–Crippen MR) is 148 cm³/mol. The van der Waals surface area contributed by atoms with Crippen LogP contribution in [0.15, 0.2) is 11.1 Å². The van der Waals surface area contributed by atoms with Gasteiger partial charge in [-0.25, -0.2) is 0 Å². The fourth-order valence-electron chi connectivity index (χ4n) is 9.45. The zero-order valence-electron chi connectivity index (χ0n) is 25.6. The number of esters is 1. The van der Waals surface area contributed by atoms with Crippen LogP contribution < -0.4 is 0 Å². The van der Waals surface area contributed by atoms with E-state index in [0.717, 1.165) is 0 Å². The molecule has 10 atom stereocenters. The zero-order chi connectivity index (χ0) is 31.0. The lowest BCUT2D eigenvalue weighted by Crippen LogP contribution is -2.65. The summed E-state index contributed by atoms with van der Waals surface area (Å²) in [5.74, 6) is -4.60. The number of fused-ring (bicyclic) bond motifs is 4. The lowest BCUT2D eigenvalue weighted by molar-refractivity contribution is -0.178. The van der Waals surface area contributed by atoms with Crippen LogP contribution in [0.3, 0.4) is 0 Å². The summed E-state index contributed by atoms with van der Waals surface area (Å²) in [6.07, 6.45) is -1.87. The second-order valence-corrected chi connectivity index (χ2v) is 14.5. The van der Waals surface area contributed by atoms with Crippen LogP contribution in [-0.4, -0.2) is 62.9 Å². The Balaban J connectivity index is 1.87. The highest BCUT2D eigenvalue weighted by molar-refractivity contribution is 6.08. The van der Waals surface area contributed by atoms with Crippen molar-refractivity contribution in [2.45, 2.75) is 112 Å². The van der Waals surface area contributed by atoms with Gasteiger partial charge in [0.05, 0.1) is 23.5 Å². The summed E-state index contributed by atoms with van der Waals surface area (Å²) in [5.41, 5.74) is -3.15. The maximum absolute atomic E-state index is 14.6. The summed E-state index contributed by atoms with van der Waals surface area (Å²) in [5, 5.41) is 31.9. The Morgan fingerprint density at radius 3 is 2.20 bits per heavy atom. The average molecular weight is 575 g/mol. The lowest BCUT2D eigenvalue weighted by Gasteiger charge is -2.62. The molecule has 0 radical (unpaired) electrons. The van der Waals surface area contributed by atoms with Crippen LogP contribution >= 0.6 is 0 Å². The molecule has 0 amide bonds. The first-order valence-electron chi connectivity index (χ1n) is 14.9. The van der Waals surface area contributed by atoms with Crippen molar-refractivity contribution < 1.29 is 44.0 Å². The highest BCUT2D eigenvalue weighted by atomic mass is 16.5. The zero-order valence-corrected chi connectivity index (χ0v) is 25.6.